The minimum atomic E-state index is -0.979. The van der Waals surface area contributed by atoms with Crippen LogP contribution in [0.2, 0.25) is 0 Å². The minimum Gasteiger partial charge on any atom is -0.444 e. The molecule has 4 amide bonds. The van der Waals surface area contributed by atoms with Crippen LogP contribution < -0.4 is 21.3 Å². The quantitative estimate of drug-likeness (QED) is 0.251. The molecule has 0 aromatic carbocycles. The molecule has 0 aliphatic heterocycles. The maximum absolute atomic E-state index is 12.7. The Morgan fingerprint density at radius 3 is 1.85 bits per heavy atom. The number of ether oxygens (including phenoxy) is 1. The van der Waals surface area contributed by atoms with Crippen LogP contribution in [0.4, 0.5) is 4.79 Å². The summed E-state index contributed by atoms with van der Waals surface area (Å²) in [6.07, 6.45) is 1.48. The van der Waals surface area contributed by atoms with Crippen molar-refractivity contribution in [1.82, 2.24) is 21.3 Å². The van der Waals surface area contributed by atoms with Gasteiger partial charge < -0.3 is 26.0 Å². The molecular formula is C21H38N4O6S2. The Morgan fingerprint density at radius 2 is 1.39 bits per heavy atom. The summed E-state index contributed by atoms with van der Waals surface area (Å²) in [6, 6.07) is -3.60. The molecule has 0 saturated heterocycles. The van der Waals surface area contributed by atoms with E-state index in [9.17, 15) is 24.0 Å². The van der Waals surface area contributed by atoms with E-state index in [0.717, 1.165) is 0 Å². The van der Waals surface area contributed by atoms with E-state index in [0.29, 0.717) is 12.2 Å². The first-order chi connectivity index (χ1) is 15.1. The molecule has 0 bridgehead atoms. The van der Waals surface area contributed by atoms with Crippen molar-refractivity contribution in [2.45, 2.75) is 84.7 Å². The number of amides is 4. The van der Waals surface area contributed by atoms with Crippen molar-refractivity contribution in [3.63, 3.8) is 0 Å². The molecule has 190 valence electrons. The number of carbonyl (C=O) groups excluding carboxylic acids is 5. The molecular weight excluding hydrogens is 468 g/mol. The van der Waals surface area contributed by atoms with Gasteiger partial charge in [0.05, 0.1) is 6.04 Å². The number of thioether (sulfide) groups is 1. The molecule has 0 fully saturated rings. The number of rotatable bonds is 12. The van der Waals surface area contributed by atoms with Crippen LogP contribution in [-0.2, 0) is 23.9 Å². The summed E-state index contributed by atoms with van der Waals surface area (Å²) in [7, 11) is 0. The normalized spacial score (nSPS) is 15.0. The van der Waals surface area contributed by atoms with Crippen LogP contribution in [0.1, 0.15) is 54.9 Å². The fourth-order valence-electron chi connectivity index (χ4n) is 2.51. The highest BCUT2D eigenvalue weighted by Gasteiger charge is 2.30. The predicted molar refractivity (Wildman–Crippen MR) is 132 cm³/mol. The molecule has 4 N–H and O–H groups in total. The molecule has 10 nitrogen and oxygen atoms in total. The predicted octanol–water partition coefficient (Wildman–Crippen LogP) is 1.24. The molecule has 4 atom stereocenters. The van der Waals surface area contributed by atoms with Gasteiger partial charge in [0.1, 0.15) is 23.7 Å². The van der Waals surface area contributed by atoms with Gasteiger partial charge in [-0.3, -0.25) is 19.2 Å². The van der Waals surface area contributed by atoms with Crippen molar-refractivity contribution in [2.24, 2.45) is 5.92 Å². The number of hydrogen-bond acceptors (Lipinski definition) is 7. The highest BCUT2D eigenvalue weighted by molar-refractivity contribution is 7.98. The van der Waals surface area contributed by atoms with E-state index in [4.69, 9.17) is 4.74 Å². The molecule has 0 aliphatic carbocycles. The first kappa shape index (κ1) is 31.0. The second kappa shape index (κ2) is 14.3. The molecule has 12 heteroatoms. The van der Waals surface area contributed by atoms with Crippen LogP contribution >= 0.6 is 24.4 Å². The van der Waals surface area contributed by atoms with E-state index in [1.807, 2.05) is 6.26 Å². The smallest absolute Gasteiger partial charge is 0.408 e. The summed E-state index contributed by atoms with van der Waals surface area (Å²) in [5.41, 5.74) is -0.723. The molecule has 33 heavy (non-hydrogen) atoms. The summed E-state index contributed by atoms with van der Waals surface area (Å²) < 4.78 is 5.21. The van der Waals surface area contributed by atoms with E-state index in [1.165, 1.54) is 25.6 Å². The standard InChI is InChI=1S/C21H38N4O6S2/c1-11(2)15(18(28)23-13(4)19(29)32)25-16(26)12(3)22-17(27)14(9-10-33-8)24-20(30)31-21(5,6)7/h11-15H,9-10H2,1-8H3,(H,22,27)(H,23,28)(H,24,30)(H,25,26)(H,29,32)/t12-,13-,14-,15-/m0/s1. The molecule has 0 spiro atoms. The van der Waals surface area contributed by atoms with Gasteiger partial charge in [-0.05, 0) is 59.0 Å². The lowest BCUT2D eigenvalue weighted by molar-refractivity contribution is -0.133. The topological polar surface area (TPSA) is 143 Å². The van der Waals surface area contributed by atoms with Gasteiger partial charge in [0, 0.05) is 0 Å². The number of nitrogens with one attached hydrogen (secondary N) is 4. The van der Waals surface area contributed by atoms with Gasteiger partial charge in [0.15, 0.2) is 0 Å². The van der Waals surface area contributed by atoms with E-state index >= 15 is 0 Å². The van der Waals surface area contributed by atoms with Crippen LogP contribution in [-0.4, -0.2) is 70.7 Å². The molecule has 0 radical (unpaired) electrons. The molecule has 0 saturated carbocycles. The van der Waals surface area contributed by atoms with Crippen molar-refractivity contribution in [3.05, 3.63) is 0 Å². The number of carbonyl (C=O) groups is 5. The lowest BCUT2D eigenvalue weighted by atomic mass is 10.0. The average molecular weight is 507 g/mol. The van der Waals surface area contributed by atoms with Gasteiger partial charge in [-0.1, -0.05) is 13.8 Å². The van der Waals surface area contributed by atoms with Crippen molar-refractivity contribution in [1.29, 1.82) is 0 Å². The third-order valence-electron chi connectivity index (χ3n) is 4.35. The summed E-state index contributed by atoms with van der Waals surface area (Å²) in [5.74, 6) is -1.33. The van der Waals surface area contributed by atoms with E-state index < -0.39 is 58.7 Å². The highest BCUT2D eigenvalue weighted by atomic mass is 32.2. The summed E-state index contributed by atoms with van der Waals surface area (Å²) in [5, 5.41) is 9.70. The van der Waals surface area contributed by atoms with Crippen molar-refractivity contribution >= 4 is 53.3 Å². The highest BCUT2D eigenvalue weighted by Crippen LogP contribution is 2.09. The maximum Gasteiger partial charge on any atom is 0.408 e. The SMILES string of the molecule is CSCC[C@H](NC(=O)OC(C)(C)C)C(=O)N[C@@H](C)C(=O)N[C@H](C(=O)N[C@@H](C)C(=O)S)C(C)C. The summed E-state index contributed by atoms with van der Waals surface area (Å²) in [6.45, 7) is 11.6. The Bertz CT molecular complexity index is 711. The zero-order valence-electron chi connectivity index (χ0n) is 20.6. The second-order valence-corrected chi connectivity index (χ2v) is 10.4. The monoisotopic (exact) mass is 506 g/mol. The first-order valence-electron chi connectivity index (χ1n) is 10.7. The average Bonchev–Trinajstić information content (AvgIpc) is 2.66. The Hall–Kier alpha value is -1.95. The Morgan fingerprint density at radius 1 is 0.848 bits per heavy atom. The summed E-state index contributed by atoms with van der Waals surface area (Å²) >= 11 is 5.20. The van der Waals surface area contributed by atoms with Crippen molar-refractivity contribution in [3.8, 4) is 0 Å². The van der Waals surface area contributed by atoms with Crippen LogP contribution in [0.5, 0.6) is 0 Å². The third kappa shape index (κ3) is 12.8. The lowest BCUT2D eigenvalue weighted by Crippen LogP contribution is -2.58. The molecule has 0 aromatic rings. The van der Waals surface area contributed by atoms with Crippen LogP contribution in [0.3, 0.4) is 0 Å². The number of alkyl carbamates (subject to hydrolysis) is 1. The number of thiol groups is 1. The fourth-order valence-corrected chi connectivity index (χ4v) is 3.05. The van der Waals surface area contributed by atoms with E-state index in [-0.39, 0.29) is 5.92 Å². The minimum absolute atomic E-state index is 0.276. The number of hydrogen-bond donors (Lipinski definition) is 5. The second-order valence-electron chi connectivity index (χ2n) is 9.01. The molecule has 0 unspecified atom stereocenters. The van der Waals surface area contributed by atoms with Crippen LogP contribution in [0.25, 0.3) is 0 Å². The third-order valence-corrected chi connectivity index (χ3v) is 5.38. The van der Waals surface area contributed by atoms with E-state index in [1.54, 1.807) is 34.6 Å². The molecule has 0 aliphatic rings. The lowest BCUT2D eigenvalue weighted by Gasteiger charge is -2.26. The van der Waals surface area contributed by atoms with Gasteiger partial charge in [-0.15, -0.1) is 12.6 Å². The van der Waals surface area contributed by atoms with Crippen LogP contribution in [0.15, 0.2) is 0 Å². The maximum atomic E-state index is 12.7. The van der Waals surface area contributed by atoms with Gasteiger partial charge in [0.25, 0.3) is 0 Å². The van der Waals surface area contributed by atoms with Gasteiger partial charge >= 0.3 is 6.09 Å². The van der Waals surface area contributed by atoms with Crippen LogP contribution in [0, 0.1) is 5.92 Å². The molecule has 0 rings (SSSR count). The van der Waals surface area contributed by atoms with Gasteiger partial charge in [-0.2, -0.15) is 11.8 Å². The Labute approximate surface area is 205 Å². The zero-order chi connectivity index (χ0) is 25.9. The fraction of sp³-hybridized carbons (Fsp3) is 0.762. The Kier molecular flexibility index (Phi) is 13.5. The largest absolute Gasteiger partial charge is 0.444 e. The molecule has 0 heterocycles. The van der Waals surface area contributed by atoms with Gasteiger partial charge in [-0.25, -0.2) is 4.79 Å². The zero-order valence-corrected chi connectivity index (χ0v) is 22.3. The summed E-state index contributed by atoms with van der Waals surface area (Å²) in [4.78, 5) is 61.3. The molecule has 0 aromatic heterocycles. The first-order valence-corrected chi connectivity index (χ1v) is 12.6. The van der Waals surface area contributed by atoms with E-state index in [2.05, 4.69) is 33.9 Å². The van der Waals surface area contributed by atoms with Crippen molar-refractivity contribution < 1.29 is 28.7 Å². The van der Waals surface area contributed by atoms with Gasteiger partial charge in [0.2, 0.25) is 22.8 Å². The Balaban J connectivity index is 5.16. The van der Waals surface area contributed by atoms with Crippen molar-refractivity contribution in [2.75, 3.05) is 12.0 Å².